The van der Waals surface area contributed by atoms with Gasteiger partial charge < -0.3 is 14.1 Å². The number of benzene rings is 2. The average Bonchev–Trinajstić information content (AvgIpc) is 3.08. The fourth-order valence-corrected chi connectivity index (χ4v) is 4.66. The minimum absolute atomic E-state index is 0.113. The van der Waals surface area contributed by atoms with E-state index in [0.29, 0.717) is 29.7 Å². The van der Waals surface area contributed by atoms with Crippen LogP contribution >= 0.6 is 0 Å². The van der Waals surface area contributed by atoms with Gasteiger partial charge in [0.1, 0.15) is 11.3 Å². The van der Waals surface area contributed by atoms with Crippen LogP contribution < -0.4 is 10.2 Å². The first kappa shape index (κ1) is 23.1. The van der Waals surface area contributed by atoms with E-state index in [2.05, 4.69) is 13.8 Å². The van der Waals surface area contributed by atoms with E-state index < -0.39 is 6.04 Å². The summed E-state index contributed by atoms with van der Waals surface area (Å²) in [4.78, 5) is 29.0. The molecular formula is C28H33NO4. The van der Waals surface area contributed by atoms with Crippen LogP contribution in [0.3, 0.4) is 0 Å². The number of carbonyl (C=O) groups excluding carboxylic acids is 1. The van der Waals surface area contributed by atoms with Crippen molar-refractivity contribution in [2.75, 3.05) is 13.2 Å². The predicted molar refractivity (Wildman–Crippen MR) is 131 cm³/mol. The van der Waals surface area contributed by atoms with Crippen LogP contribution in [0.2, 0.25) is 0 Å². The Labute approximate surface area is 195 Å². The molecule has 174 valence electrons. The molecule has 1 amide bonds. The van der Waals surface area contributed by atoms with Gasteiger partial charge >= 0.3 is 0 Å². The van der Waals surface area contributed by atoms with Crippen molar-refractivity contribution in [3.63, 3.8) is 0 Å². The van der Waals surface area contributed by atoms with E-state index in [1.807, 2.05) is 50.2 Å². The van der Waals surface area contributed by atoms with Crippen LogP contribution in [0.4, 0.5) is 0 Å². The Morgan fingerprint density at radius 1 is 0.970 bits per heavy atom. The molecule has 0 fully saturated rings. The summed E-state index contributed by atoms with van der Waals surface area (Å²) in [5.41, 5.74) is 3.61. The van der Waals surface area contributed by atoms with Crippen LogP contribution in [0, 0.1) is 13.8 Å². The maximum atomic E-state index is 13.7. The average molecular weight is 448 g/mol. The zero-order valence-corrected chi connectivity index (χ0v) is 20.1. The molecule has 33 heavy (non-hydrogen) atoms. The van der Waals surface area contributed by atoms with Gasteiger partial charge in [0, 0.05) is 6.54 Å². The third kappa shape index (κ3) is 4.41. The van der Waals surface area contributed by atoms with Crippen molar-refractivity contribution in [2.45, 2.75) is 65.8 Å². The van der Waals surface area contributed by atoms with E-state index in [1.54, 1.807) is 4.90 Å². The van der Waals surface area contributed by atoms with Crippen molar-refractivity contribution < 1.29 is 13.9 Å². The molecule has 1 aliphatic rings. The summed E-state index contributed by atoms with van der Waals surface area (Å²) in [6.45, 7) is 9.42. The molecule has 1 unspecified atom stereocenters. The van der Waals surface area contributed by atoms with E-state index in [0.717, 1.165) is 54.5 Å². The number of fused-ring (bicyclic) bond motifs is 2. The third-order valence-electron chi connectivity index (χ3n) is 6.36. The first-order chi connectivity index (χ1) is 16.0. The maximum absolute atomic E-state index is 13.7. The fourth-order valence-electron chi connectivity index (χ4n) is 4.66. The zero-order valence-electron chi connectivity index (χ0n) is 20.1. The van der Waals surface area contributed by atoms with Gasteiger partial charge in [-0.05, 0) is 61.6 Å². The molecule has 0 radical (unpaired) electrons. The van der Waals surface area contributed by atoms with E-state index in [9.17, 15) is 9.59 Å². The molecule has 1 atom stereocenters. The molecule has 3 aromatic rings. The van der Waals surface area contributed by atoms with Crippen molar-refractivity contribution in [3.05, 3.63) is 74.6 Å². The molecule has 5 heteroatoms. The van der Waals surface area contributed by atoms with Crippen LogP contribution in [-0.4, -0.2) is 24.0 Å². The lowest BCUT2D eigenvalue weighted by molar-refractivity contribution is 0.0724. The van der Waals surface area contributed by atoms with Gasteiger partial charge in [-0.2, -0.15) is 0 Å². The monoisotopic (exact) mass is 447 g/mol. The Morgan fingerprint density at radius 3 is 2.39 bits per heavy atom. The lowest BCUT2D eigenvalue weighted by atomic mass is 9.97. The fraction of sp³-hybridized carbons (Fsp3) is 0.429. The summed E-state index contributed by atoms with van der Waals surface area (Å²) in [6, 6.07) is 11.2. The molecular weight excluding hydrogens is 414 g/mol. The number of nitrogens with zero attached hydrogens (tertiary/aromatic N) is 1. The second-order valence-electron chi connectivity index (χ2n) is 9.01. The summed E-state index contributed by atoms with van der Waals surface area (Å²) < 4.78 is 12.0. The number of aryl methyl sites for hydroxylation is 2. The normalized spacial score (nSPS) is 15.3. The maximum Gasteiger partial charge on any atom is 0.290 e. The molecule has 0 saturated heterocycles. The van der Waals surface area contributed by atoms with Gasteiger partial charge in [-0.25, -0.2) is 0 Å². The highest BCUT2D eigenvalue weighted by atomic mass is 16.5. The van der Waals surface area contributed by atoms with Gasteiger partial charge in [-0.3, -0.25) is 9.59 Å². The summed E-state index contributed by atoms with van der Waals surface area (Å²) in [5.74, 6) is 0.781. The Balaban J connectivity index is 1.81. The predicted octanol–water partition coefficient (Wildman–Crippen LogP) is 6.32. The minimum atomic E-state index is -0.449. The Kier molecular flexibility index (Phi) is 6.87. The Morgan fingerprint density at radius 2 is 1.70 bits per heavy atom. The van der Waals surface area contributed by atoms with Crippen LogP contribution in [0.15, 0.2) is 45.6 Å². The van der Waals surface area contributed by atoms with Crippen LogP contribution in [0.25, 0.3) is 11.0 Å². The summed E-state index contributed by atoms with van der Waals surface area (Å²) >= 11 is 0. The molecule has 0 spiro atoms. The second kappa shape index (κ2) is 9.82. The van der Waals surface area contributed by atoms with Gasteiger partial charge in [0.25, 0.3) is 5.91 Å². The number of hydrogen-bond donors (Lipinski definition) is 0. The number of unbranched alkanes of at least 4 members (excludes halogenated alkanes) is 3. The van der Waals surface area contributed by atoms with Gasteiger partial charge in [0.15, 0.2) is 5.43 Å². The molecule has 4 rings (SSSR count). The van der Waals surface area contributed by atoms with E-state index in [4.69, 9.17) is 9.15 Å². The summed E-state index contributed by atoms with van der Waals surface area (Å²) in [6.07, 6.45) is 5.05. The molecule has 1 aromatic heterocycles. The lowest BCUT2D eigenvalue weighted by Crippen LogP contribution is -2.30. The van der Waals surface area contributed by atoms with E-state index >= 15 is 0 Å². The molecule has 0 bridgehead atoms. The van der Waals surface area contributed by atoms with E-state index in [-0.39, 0.29) is 17.1 Å². The molecule has 2 heterocycles. The molecule has 0 N–H and O–H groups in total. The Bertz CT molecular complexity index is 1210. The standard InChI is InChI=1S/C28H33NO4/c1-5-7-9-14-29-24(20-10-12-21(13-11-20)32-15-8-6-2)23-25(30)22-17-18(3)16-19(4)26(22)33-27(23)28(29)31/h10-13,16-17,24H,5-9,14-15H2,1-4H3. The SMILES string of the molecule is CCCCCN1C(=O)c2oc3c(C)cc(C)cc3c(=O)c2C1c1ccc(OCCCC)cc1. The topological polar surface area (TPSA) is 59.8 Å². The molecule has 5 nitrogen and oxygen atoms in total. The van der Waals surface area contributed by atoms with Gasteiger partial charge in [0.2, 0.25) is 5.76 Å². The number of rotatable bonds is 9. The van der Waals surface area contributed by atoms with Crippen LogP contribution in [0.1, 0.15) is 84.8 Å². The van der Waals surface area contributed by atoms with Gasteiger partial charge in [-0.1, -0.05) is 51.3 Å². The van der Waals surface area contributed by atoms with Crippen molar-refractivity contribution in [1.82, 2.24) is 4.90 Å². The number of carbonyl (C=O) groups is 1. The third-order valence-corrected chi connectivity index (χ3v) is 6.36. The highest BCUT2D eigenvalue weighted by Crippen LogP contribution is 2.39. The molecule has 0 saturated carbocycles. The van der Waals surface area contributed by atoms with Crippen molar-refractivity contribution in [3.8, 4) is 5.75 Å². The smallest absolute Gasteiger partial charge is 0.290 e. The lowest BCUT2D eigenvalue weighted by Gasteiger charge is -2.25. The molecule has 1 aliphatic heterocycles. The van der Waals surface area contributed by atoms with Crippen molar-refractivity contribution in [1.29, 1.82) is 0 Å². The van der Waals surface area contributed by atoms with Crippen molar-refractivity contribution in [2.24, 2.45) is 0 Å². The first-order valence-electron chi connectivity index (χ1n) is 12.1. The highest BCUT2D eigenvalue weighted by molar-refractivity contribution is 5.99. The van der Waals surface area contributed by atoms with Crippen molar-refractivity contribution >= 4 is 16.9 Å². The molecule has 0 aliphatic carbocycles. The second-order valence-corrected chi connectivity index (χ2v) is 9.01. The van der Waals surface area contributed by atoms with E-state index in [1.165, 1.54) is 0 Å². The number of hydrogen-bond acceptors (Lipinski definition) is 4. The number of ether oxygens (including phenoxy) is 1. The van der Waals surface area contributed by atoms with Crippen LogP contribution in [0.5, 0.6) is 5.75 Å². The summed E-state index contributed by atoms with van der Waals surface area (Å²) in [7, 11) is 0. The first-order valence-corrected chi connectivity index (χ1v) is 12.1. The van der Waals surface area contributed by atoms with Gasteiger partial charge in [-0.15, -0.1) is 0 Å². The zero-order chi connectivity index (χ0) is 23.5. The Hall–Kier alpha value is -3.08. The number of amides is 1. The van der Waals surface area contributed by atoms with Crippen LogP contribution in [-0.2, 0) is 0 Å². The minimum Gasteiger partial charge on any atom is -0.494 e. The summed E-state index contributed by atoms with van der Waals surface area (Å²) in [5, 5.41) is 0.541. The molecule has 2 aromatic carbocycles. The largest absolute Gasteiger partial charge is 0.494 e. The highest BCUT2D eigenvalue weighted by Gasteiger charge is 2.42. The quantitative estimate of drug-likeness (QED) is 0.360. The van der Waals surface area contributed by atoms with Gasteiger partial charge in [0.05, 0.1) is 23.6 Å².